The Hall–Kier alpha value is -1.56. The minimum atomic E-state index is -0.907. The lowest BCUT2D eigenvalue weighted by Crippen LogP contribution is -2.85. The maximum Gasteiger partial charge on any atom is 0.166 e. The first-order chi connectivity index (χ1) is 15.1. The Morgan fingerprint density at radius 3 is 2.62 bits per heavy atom. The third-order valence-corrected chi connectivity index (χ3v) is 10.4. The molecule has 0 unspecified atom stereocenters. The molecule has 2 heterocycles. The van der Waals surface area contributed by atoms with E-state index in [1.54, 1.807) is 14.2 Å². The van der Waals surface area contributed by atoms with E-state index in [-0.39, 0.29) is 16.7 Å². The van der Waals surface area contributed by atoms with E-state index in [0.29, 0.717) is 12.0 Å². The van der Waals surface area contributed by atoms with Gasteiger partial charge in [0.2, 0.25) is 0 Å². The number of rotatable bonds is 4. The normalized spacial score (nSPS) is 45.6. The van der Waals surface area contributed by atoms with Gasteiger partial charge < -0.3 is 24.2 Å². The van der Waals surface area contributed by atoms with Gasteiger partial charge in [-0.05, 0) is 65.3 Å². The molecule has 6 aliphatic rings. The van der Waals surface area contributed by atoms with Crippen molar-refractivity contribution in [2.45, 2.75) is 81.1 Å². The van der Waals surface area contributed by atoms with Crippen LogP contribution in [0.25, 0.3) is 0 Å². The SMILES string of the molecule is CC[C@@H]1c2ccc(OC)c3c2[C@]24CCN(C)[C@@H]1[C@]21C=C[C@@](OC)([C@@H](C(C)(C)O)C1)[C@]4(C)O3. The van der Waals surface area contributed by atoms with Crippen molar-refractivity contribution in [1.29, 1.82) is 0 Å². The fourth-order valence-electron chi connectivity index (χ4n) is 9.37. The predicted molar refractivity (Wildman–Crippen MR) is 123 cm³/mol. The molecule has 174 valence electrons. The Labute approximate surface area is 191 Å². The zero-order valence-electron chi connectivity index (χ0n) is 20.5. The number of fused-ring (bicyclic) bond motifs is 1. The smallest absolute Gasteiger partial charge is 0.166 e. The van der Waals surface area contributed by atoms with Crippen molar-refractivity contribution in [2.24, 2.45) is 11.3 Å². The molecule has 5 nitrogen and oxygen atoms in total. The van der Waals surface area contributed by atoms with Crippen molar-refractivity contribution in [3.8, 4) is 11.5 Å². The van der Waals surface area contributed by atoms with Crippen LogP contribution in [0, 0.1) is 11.3 Å². The average molecular weight is 440 g/mol. The molecule has 2 aliphatic heterocycles. The first kappa shape index (κ1) is 21.0. The number of piperidine rings is 1. The summed E-state index contributed by atoms with van der Waals surface area (Å²) < 4.78 is 19.5. The highest BCUT2D eigenvalue weighted by Crippen LogP contribution is 2.80. The highest BCUT2D eigenvalue weighted by atomic mass is 16.6. The number of nitrogens with zero attached hydrogens (tertiary/aromatic N) is 1. The van der Waals surface area contributed by atoms with Crippen molar-refractivity contribution in [3.05, 3.63) is 35.4 Å². The van der Waals surface area contributed by atoms with E-state index in [0.717, 1.165) is 37.3 Å². The van der Waals surface area contributed by atoms with Gasteiger partial charge in [0.25, 0.3) is 0 Å². The van der Waals surface area contributed by atoms with Gasteiger partial charge in [0, 0.05) is 36.0 Å². The van der Waals surface area contributed by atoms with Crippen LogP contribution in [0.4, 0.5) is 0 Å². The van der Waals surface area contributed by atoms with Crippen LogP contribution in [-0.4, -0.2) is 60.7 Å². The molecule has 1 saturated heterocycles. The molecule has 7 atom stereocenters. The number of hydrogen-bond acceptors (Lipinski definition) is 5. The summed E-state index contributed by atoms with van der Waals surface area (Å²) in [7, 11) is 5.81. The molecular weight excluding hydrogens is 402 g/mol. The zero-order chi connectivity index (χ0) is 22.9. The summed E-state index contributed by atoms with van der Waals surface area (Å²) in [4.78, 5) is 2.59. The van der Waals surface area contributed by atoms with Crippen LogP contribution in [0.1, 0.15) is 64.0 Å². The monoisotopic (exact) mass is 439 g/mol. The zero-order valence-corrected chi connectivity index (χ0v) is 20.5. The number of ether oxygens (including phenoxy) is 3. The van der Waals surface area contributed by atoms with Crippen LogP contribution in [-0.2, 0) is 10.2 Å². The molecule has 0 aromatic heterocycles. The fraction of sp³-hybridized carbons (Fsp3) is 0.704. The van der Waals surface area contributed by atoms with Gasteiger partial charge in [-0.15, -0.1) is 0 Å². The Balaban J connectivity index is 1.78. The van der Waals surface area contributed by atoms with Gasteiger partial charge >= 0.3 is 0 Å². The highest BCUT2D eigenvalue weighted by Gasteiger charge is 2.85. The summed E-state index contributed by atoms with van der Waals surface area (Å²) in [6.45, 7) is 9.47. The number of benzene rings is 1. The van der Waals surface area contributed by atoms with E-state index in [1.165, 1.54) is 11.1 Å². The Bertz CT molecular complexity index is 1030. The first-order valence-electron chi connectivity index (χ1n) is 12.2. The van der Waals surface area contributed by atoms with Crippen LogP contribution in [0.3, 0.4) is 0 Å². The van der Waals surface area contributed by atoms with E-state index < -0.39 is 16.8 Å². The molecule has 1 aromatic carbocycles. The molecule has 7 rings (SSSR count). The second kappa shape index (κ2) is 5.92. The van der Waals surface area contributed by atoms with Gasteiger partial charge in [-0.1, -0.05) is 25.1 Å². The minimum Gasteiger partial charge on any atom is -0.493 e. The predicted octanol–water partition coefficient (Wildman–Crippen LogP) is 4.03. The van der Waals surface area contributed by atoms with Crippen LogP contribution in [0.15, 0.2) is 24.3 Å². The number of likely N-dealkylation sites (tertiary alicyclic amines) is 1. The first-order valence-corrected chi connectivity index (χ1v) is 12.2. The summed E-state index contributed by atoms with van der Waals surface area (Å²) in [5.41, 5.74) is 0.149. The average Bonchev–Trinajstić information content (AvgIpc) is 3.05. The number of methoxy groups -OCH3 is 2. The minimum absolute atomic E-state index is 0.0866. The van der Waals surface area contributed by atoms with E-state index in [9.17, 15) is 5.11 Å². The van der Waals surface area contributed by atoms with Gasteiger partial charge in [0.15, 0.2) is 11.5 Å². The van der Waals surface area contributed by atoms with Crippen LogP contribution in [0.2, 0.25) is 0 Å². The largest absolute Gasteiger partial charge is 0.493 e. The summed E-state index contributed by atoms with van der Waals surface area (Å²) in [6.07, 6.45) is 7.71. The molecule has 1 aromatic rings. The third kappa shape index (κ3) is 1.82. The third-order valence-electron chi connectivity index (χ3n) is 10.4. The van der Waals surface area contributed by atoms with Crippen molar-refractivity contribution >= 4 is 0 Å². The Kier molecular flexibility index (Phi) is 3.88. The lowest BCUT2D eigenvalue weighted by Gasteiger charge is -2.76. The van der Waals surface area contributed by atoms with Crippen LogP contribution in [0.5, 0.6) is 11.5 Å². The standard InChI is InChI=1S/C27H37NO4/c1-8-16-17-9-10-18(30-6)21-20(17)26-13-14-28(5)22(16)25(26)11-12-27(31-7,24(26,4)32-21)19(15-25)23(2,3)29/h9-12,16,19,22,29H,8,13-15H2,1-7H3/t16-,19-,22+,24-,25-,26+,27-/m1/s1. The highest BCUT2D eigenvalue weighted by molar-refractivity contribution is 5.68. The Morgan fingerprint density at radius 2 is 2.00 bits per heavy atom. The van der Waals surface area contributed by atoms with Crippen molar-refractivity contribution in [1.82, 2.24) is 4.90 Å². The topological polar surface area (TPSA) is 51.2 Å². The summed E-state index contributed by atoms with van der Waals surface area (Å²) in [5.74, 6) is 2.03. The molecule has 1 N–H and O–H groups in total. The molecule has 0 amide bonds. The molecular formula is C27H37NO4. The number of aliphatic hydroxyl groups is 1. The van der Waals surface area contributed by atoms with Crippen LogP contribution < -0.4 is 9.47 Å². The molecule has 2 spiro atoms. The lowest BCUT2D eigenvalue weighted by atomic mass is 9.31. The lowest BCUT2D eigenvalue weighted by molar-refractivity contribution is -0.285. The van der Waals surface area contributed by atoms with Gasteiger partial charge in [-0.3, -0.25) is 0 Å². The van der Waals surface area contributed by atoms with Gasteiger partial charge in [0.05, 0.1) is 18.1 Å². The Morgan fingerprint density at radius 1 is 1.25 bits per heavy atom. The second-order valence-electron chi connectivity index (χ2n) is 11.6. The molecule has 5 heteroatoms. The van der Waals surface area contributed by atoms with Crippen LogP contribution >= 0.6 is 0 Å². The van der Waals surface area contributed by atoms with Gasteiger partial charge in [-0.2, -0.15) is 0 Å². The maximum absolute atomic E-state index is 11.5. The van der Waals surface area contributed by atoms with E-state index in [2.05, 4.69) is 50.1 Å². The summed E-state index contributed by atoms with van der Waals surface area (Å²) >= 11 is 0. The second-order valence-corrected chi connectivity index (χ2v) is 11.6. The van der Waals surface area contributed by atoms with Gasteiger partial charge in [-0.25, -0.2) is 0 Å². The molecule has 2 fully saturated rings. The van der Waals surface area contributed by atoms with Crippen molar-refractivity contribution in [3.63, 3.8) is 0 Å². The van der Waals surface area contributed by atoms with E-state index in [1.807, 2.05) is 13.8 Å². The van der Waals surface area contributed by atoms with E-state index in [4.69, 9.17) is 14.2 Å². The van der Waals surface area contributed by atoms with E-state index >= 15 is 0 Å². The fourth-order valence-corrected chi connectivity index (χ4v) is 9.37. The molecule has 0 radical (unpaired) electrons. The summed E-state index contributed by atoms with van der Waals surface area (Å²) in [5, 5.41) is 11.5. The van der Waals surface area contributed by atoms with Gasteiger partial charge in [0.1, 0.15) is 11.2 Å². The van der Waals surface area contributed by atoms with Crippen molar-refractivity contribution < 1.29 is 19.3 Å². The molecule has 32 heavy (non-hydrogen) atoms. The molecule has 1 saturated carbocycles. The molecule has 4 bridgehead atoms. The van der Waals surface area contributed by atoms with Crippen molar-refractivity contribution in [2.75, 3.05) is 27.8 Å². The maximum atomic E-state index is 11.5. The quantitative estimate of drug-likeness (QED) is 0.718. The molecule has 4 aliphatic carbocycles. The summed E-state index contributed by atoms with van der Waals surface area (Å²) in [6, 6.07) is 4.73. The number of likely N-dealkylation sites (N-methyl/N-ethyl adjacent to an activating group) is 1. The number of hydrogen-bond donors (Lipinski definition) is 1.